The summed E-state index contributed by atoms with van der Waals surface area (Å²) in [5, 5.41) is 2.64. The molecule has 0 saturated heterocycles. The van der Waals surface area contributed by atoms with Gasteiger partial charge in [-0.1, -0.05) is 6.07 Å². The number of nitrogen functional groups attached to an aromatic ring is 1. The van der Waals surface area contributed by atoms with E-state index in [2.05, 4.69) is 15.3 Å². The van der Waals surface area contributed by atoms with Crippen molar-refractivity contribution in [1.82, 2.24) is 9.97 Å². The summed E-state index contributed by atoms with van der Waals surface area (Å²) in [5.41, 5.74) is 6.44. The van der Waals surface area contributed by atoms with Crippen LogP contribution in [0.3, 0.4) is 0 Å². The first-order chi connectivity index (χ1) is 9.11. The van der Waals surface area contributed by atoms with Crippen LogP contribution in [0.2, 0.25) is 5.28 Å². The largest absolute Gasteiger partial charge is 0.494 e. The van der Waals surface area contributed by atoms with Crippen LogP contribution in [0.4, 0.5) is 11.5 Å². The number of para-hydroxylation sites is 1. The summed E-state index contributed by atoms with van der Waals surface area (Å²) in [7, 11) is 1.45. The number of rotatable bonds is 3. The predicted molar refractivity (Wildman–Crippen MR) is 72.4 cm³/mol. The highest BCUT2D eigenvalue weighted by atomic mass is 35.5. The van der Waals surface area contributed by atoms with Gasteiger partial charge in [-0.2, -0.15) is 0 Å². The normalized spacial score (nSPS) is 10.0. The molecule has 0 bridgehead atoms. The van der Waals surface area contributed by atoms with E-state index in [1.165, 1.54) is 19.4 Å². The van der Waals surface area contributed by atoms with Crippen molar-refractivity contribution < 1.29 is 9.53 Å². The molecule has 0 aliphatic rings. The van der Waals surface area contributed by atoms with Crippen LogP contribution in [0.1, 0.15) is 10.4 Å². The number of benzene rings is 1. The Hall–Kier alpha value is -2.34. The number of anilines is 2. The van der Waals surface area contributed by atoms with Gasteiger partial charge in [-0.15, -0.1) is 0 Å². The van der Waals surface area contributed by atoms with Crippen LogP contribution in [0.5, 0.6) is 5.75 Å². The van der Waals surface area contributed by atoms with Gasteiger partial charge in [-0.05, 0) is 29.8 Å². The molecule has 19 heavy (non-hydrogen) atoms. The van der Waals surface area contributed by atoms with Gasteiger partial charge in [0.2, 0.25) is 5.28 Å². The van der Waals surface area contributed by atoms with E-state index < -0.39 is 0 Å². The highest BCUT2D eigenvalue weighted by Crippen LogP contribution is 2.26. The van der Waals surface area contributed by atoms with E-state index in [4.69, 9.17) is 22.1 Å². The summed E-state index contributed by atoms with van der Waals surface area (Å²) < 4.78 is 5.11. The Morgan fingerprint density at radius 1 is 1.42 bits per heavy atom. The summed E-state index contributed by atoms with van der Waals surface area (Å²) in [4.78, 5) is 19.7. The number of methoxy groups -OCH3 is 1. The fourth-order valence-corrected chi connectivity index (χ4v) is 1.70. The van der Waals surface area contributed by atoms with E-state index in [9.17, 15) is 4.79 Å². The zero-order chi connectivity index (χ0) is 13.8. The van der Waals surface area contributed by atoms with Gasteiger partial charge in [0.15, 0.2) is 5.75 Å². The Bertz CT molecular complexity index is 618. The third-order valence-corrected chi connectivity index (χ3v) is 2.54. The van der Waals surface area contributed by atoms with Crippen LogP contribution in [0.25, 0.3) is 0 Å². The van der Waals surface area contributed by atoms with Gasteiger partial charge in [-0.3, -0.25) is 4.79 Å². The van der Waals surface area contributed by atoms with Crippen molar-refractivity contribution in [2.75, 3.05) is 18.2 Å². The molecule has 98 valence electrons. The molecular weight excluding hydrogens is 268 g/mol. The van der Waals surface area contributed by atoms with Crippen LogP contribution in [0.15, 0.2) is 30.5 Å². The van der Waals surface area contributed by atoms with Crippen molar-refractivity contribution in [3.05, 3.63) is 41.3 Å². The fraction of sp³-hybridized carbons (Fsp3) is 0.0833. The SMILES string of the molecule is COc1c(N)cccc1C(=O)Nc1ccnc(Cl)n1. The lowest BCUT2D eigenvalue weighted by Gasteiger charge is -2.10. The van der Waals surface area contributed by atoms with E-state index in [0.29, 0.717) is 22.8 Å². The van der Waals surface area contributed by atoms with Gasteiger partial charge in [-0.25, -0.2) is 9.97 Å². The minimum absolute atomic E-state index is 0.0531. The van der Waals surface area contributed by atoms with Crippen molar-refractivity contribution in [2.45, 2.75) is 0 Å². The van der Waals surface area contributed by atoms with Crippen molar-refractivity contribution in [3.8, 4) is 5.75 Å². The van der Waals surface area contributed by atoms with Crippen molar-refractivity contribution in [1.29, 1.82) is 0 Å². The Kier molecular flexibility index (Phi) is 3.82. The van der Waals surface area contributed by atoms with E-state index in [1.54, 1.807) is 18.2 Å². The highest BCUT2D eigenvalue weighted by Gasteiger charge is 2.15. The predicted octanol–water partition coefficient (Wildman–Crippen LogP) is 1.97. The zero-order valence-electron chi connectivity index (χ0n) is 10.1. The van der Waals surface area contributed by atoms with Gasteiger partial charge >= 0.3 is 0 Å². The molecule has 0 saturated carbocycles. The molecule has 1 heterocycles. The number of carbonyl (C=O) groups excluding carboxylic acids is 1. The molecule has 0 aliphatic heterocycles. The lowest BCUT2D eigenvalue weighted by molar-refractivity contribution is 0.102. The number of hydrogen-bond acceptors (Lipinski definition) is 5. The quantitative estimate of drug-likeness (QED) is 0.662. The first-order valence-corrected chi connectivity index (χ1v) is 5.72. The van der Waals surface area contributed by atoms with Crippen molar-refractivity contribution >= 4 is 29.0 Å². The molecule has 0 fully saturated rings. The topological polar surface area (TPSA) is 90.1 Å². The van der Waals surface area contributed by atoms with E-state index >= 15 is 0 Å². The minimum Gasteiger partial charge on any atom is -0.494 e. The second kappa shape index (κ2) is 5.53. The first kappa shape index (κ1) is 13.1. The van der Waals surface area contributed by atoms with Crippen LogP contribution in [-0.2, 0) is 0 Å². The number of nitrogens with zero attached hydrogens (tertiary/aromatic N) is 2. The number of ether oxygens (including phenoxy) is 1. The van der Waals surface area contributed by atoms with Crippen LogP contribution < -0.4 is 15.8 Å². The van der Waals surface area contributed by atoms with Crippen LogP contribution in [-0.4, -0.2) is 23.0 Å². The lowest BCUT2D eigenvalue weighted by Crippen LogP contribution is -2.15. The van der Waals surface area contributed by atoms with Crippen molar-refractivity contribution in [2.24, 2.45) is 0 Å². The lowest BCUT2D eigenvalue weighted by atomic mass is 10.1. The van der Waals surface area contributed by atoms with Gasteiger partial charge in [0.05, 0.1) is 18.4 Å². The van der Waals surface area contributed by atoms with E-state index in [0.717, 1.165) is 0 Å². The molecule has 0 radical (unpaired) electrons. The van der Waals surface area contributed by atoms with Gasteiger partial charge < -0.3 is 15.8 Å². The smallest absolute Gasteiger partial charge is 0.260 e. The Morgan fingerprint density at radius 2 is 2.21 bits per heavy atom. The second-order valence-electron chi connectivity index (χ2n) is 3.59. The molecule has 6 nitrogen and oxygen atoms in total. The number of halogens is 1. The number of nitrogens with one attached hydrogen (secondary N) is 1. The summed E-state index contributed by atoms with van der Waals surface area (Å²) in [6.45, 7) is 0. The maximum atomic E-state index is 12.1. The Balaban J connectivity index is 2.28. The molecule has 0 aliphatic carbocycles. The molecule has 0 unspecified atom stereocenters. The molecule has 7 heteroatoms. The molecule has 0 atom stereocenters. The third-order valence-electron chi connectivity index (χ3n) is 2.36. The van der Waals surface area contributed by atoms with Crippen LogP contribution in [0, 0.1) is 0 Å². The number of nitrogens with two attached hydrogens (primary N) is 1. The molecule has 2 rings (SSSR count). The number of hydrogen-bond donors (Lipinski definition) is 2. The fourth-order valence-electron chi connectivity index (χ4n) is 1.55. The minimum atomic E-state index is -0.390. The second-order valence-corrected chi connectivity index (χ2v) is 3.93. The first-order valence-electron chi connectivity index (χ1n) is 5.34. The zero-order valence-corrected chi connectivity index (χ0v) is 10.8. The van der Waals surface area contributed by atoms with E-state index in [-0.39, 0.29) is 11.2 Å². The van der Waals surface area contributed by atoms with Gasteiger partial charge in [0, 0.05) is 6.20 Å². The Labute approximate surface area is 114 Å². The number of carbonyl (C=O) groups is 1. The summed E-state index contributed by atoms with van der Waals surface area (Å²) in [6.07, 6.45) is 1.45. The van der Waals surface area contributed by atoms with Gasteiger partial charge in [0.25, 0.3) is 5.91 Å². The molecule has 1 aromatic heterocycles. The molecule has 1 amide bonds. The summed E-state index contributed by atoms with van der Waals surface area (Å²) >= 11 is 5.64. The Morgan fingerprint density at radius 3 is 2.89 bits per heavy atom. The van der Waals surface area contributed by atoms with Gasteiger partial charge in [0.1, 0.15) is 5.82 Å². The van der Waals surface area contributed by atoms with E-state index in [1.807, 2.05) is 0 Å². The highest BCUT2D eigenvalue weighted by molar-refractivity contribution is 6.28. The number of aromatic nitrogens is 2. The molecule has 3 N–H and O–H groups in total. The summed E-state index contributed by atoms with van der Waals surface area (Å²) in [6, 6.07) is 6.45. The number of amides is 1. The molecular formula is C12H11ClN4O2. The molecule has 1 aromatic carbocycles. The standard InChI is InChI=1S/C12H11ClN4O2/c1-19-10-7(3-2-4-8(10)14)11(18)16-9-5-6-15-12(13)17-9/h2-6H,14H2,1H3,(H,15,16,17,18). The molecule has 2 aromatic rings. The monoisotopic (exact) mass is 278 g/mol. The average molecular weight is 279 g/mol. The maximum absolute atomic E-state index is 12.1. The van der Waals surface area contributed by atoms with Crippen LogP contribution >= 0.6 is 11.6 Å². The maximum Gasteiger partial charge on any atom is 0.260 e. The molecule has 0 spiro atoms. The van der Waals surface area contributed by atoms with Crippen molar-refractivity contribution in [3.63, 3.8) is 0 Å². The average Bonchev–Trinajstić information content (AvgIpc) is 2.38. The third kappa shape index (κ3) is 2.92. The summed E-state index contributed by atoms with van der Waals surface area (Å²) in [5.74, 6) is 0.230.